The smallest absolute Gasteiger partial charge is 0.291 e. The molecule has 0 radical (unpaired) electrons. The number of aromatic nitrogens is 4. The van der Waals surface area contributed by atoms with Gasteiger partial charge < -0.3 is 4.74 Å². The predicted molar refractivity (Wildman–Crippen MR) is 122 cm³/mol. The lowest BCUT2D eigenvalue weighted by molar-refractivity contribution is 0.0949. The second-order valence-electron chi connectivity index (χ2n) is 6.88. The van der Waals surface area contributed by atoms with Crippen LogP contribution in [0.2, 0.25) is 0 Å². The largest absolute Gasteiger partial charge is 0.494 e. The lowest BCUT2D eigenvalue weighted by atomic mass is 10.1. The Kier molecular flexibility index (Phi) is 6.62. The fourth-order valence-electron chi connectivity index (χ4n) is 2.98. The van der Waals surface area contributed by atoms with Crippen molar-refractivity contribution in [3.8, 4) is 22.7 Å². The molecule has 8 nitrogen and oxygen atoms in total. The molecule has 0 unspecified atom stereocenters. The molecule has 0 aliphatic carbocycles. The number of carbonyl (C=O) groups excluding carboxylic acids is 1. The van der Waals surface area contributed by atoms with Crippen LogP contribution in [0.1, 0.15) is 29.4 Å². The molecule has 1 amide bonds. The van der Waals surface area contributed by atoms with Crippen molar-refractivity contribution in [2.24, 2.45) is 5.10 Å². The normalized spacial score (nSPS) is 10.9. The number of hydrazone groups is 1. The first-order chi connectivity index (χ1) is 15.7. The van der Waals surface area contributed by atoms with Gasteiger partial charge in [-0.1, -0.05) is 25.1 Å². The molecule has 0 saturated carbocycles. The van der Waals surface area contributed by atoms with E-state index >= 15 is 0 Å². The molecular formula is C24H22N6O2. The molecule has 160 valence electrons. The molecule has 2 aromatic heterocycles. The van der Waals surface area contributed by atoms with Gasteiger partial charge >= 0.3 is 0 Å². The Bertz CT molecular complexity index is 1190. The highest BCUT2D eigenvalue weighted by molar-refractivity contribution is 5.94. The molecule has 2 aromatic carbocycles. The second kappa shape index (κ2) is 10.1. The van der Waals surface area contributed by atoms with Gasteiger partial charge in [0.2, 0.25) is 0 Å². The summed E-state index contributed by atoms with van der Waals surface area (Å²) < 4.78 is 7.45. The number of ether oxygens (including phenoxy) is 1. The molecule has 0 aliphatic heterocycles. The topological polar surface area (TPSA) is 94.3 Å². The van der Waals surface area contributed by atoms with E-state index in [1.807, 2.05) is 60.8 Å². The third-order valence-electron chi connectivity index (χ3n) is 4.53. The van der Waals surface area contributed by atoms with Gasteiger partial charge in [-0.2, -0.15) is 10.2 Å². The summed E-state index contributed by atoms with van der Waals surface area (Å²) >= 11 is 0. The van der Waals surface area contributed by atoms with Gasteiger partial charge in [0.25, 0.3) is 5.91 Å². The molecule has 0 aliphatic rings. The average Bonchev–Trinajstić information content (AvgIpc) is 3.28. The third kappa shape index (κ3) is 5.04. The Morgan fingerprint density at radius 1 is 1.12 bits per heavy atom. The van der Waals surface area contributed by atoms with Crippen molar-refractivity contribution in [3.63, 3.8) is 0 Å². The van der Waals surface area contributed by atoms with E-state index in [1.54, 1.807) is 10.9 Å². The molecule has 0 spiro atoms. The van der Waals surface area contributed by atoms with Crippen molar-refractivity contribution in [3.05, 3.63) is 90.6 Å². The maximum atomic E-state index is 12.2. The zero-order valence-corrected chi connectivity index (χ0v) is 17.5. The highest BCUT2D eigenvalue weighted by atomic mass is 16.5. The van der Waals surface area contributed by atoms with Crippen molar-refractivity contribution in [2.75, 3.05) is 6.61 Å². The summed E-state index contributed by atoms with van der Waals surface area (Å²) in [6, 6.07) is 17.5. The van der Waals surface area contributed by atoms with E-state index in [9.17, 15) is 4.79 Å². The SMILES string of the molecule is CCCOc1ccc(-c2nn(-c3ccccc3)cc2/C=N/NC(=O)c2cnccn2)cc1. The van der Waals surface area contributed by atoms with E-state index in [4.69, 9.17) is 9.84 Å². The summed E-state index contributed by atoms with van der Waals surface area (Å²) in [6.45, 7) is 2.74. The minimum Gasteiger partial charge on any atom is -0.494 e. The molecule has 2 heterocycles. The summed E-state index contributed by atoms with van der Waals surface area (Å²) in [7, 11) is 0. The van der Waals surface area contributed by atoms with Gasteiger partial charge in [0.15, 0.2) is 0 Å². The van der Waals surface area contributed by atoms with Crippen molar-refractivity contribution in [2.45, 2.75) is 13.3 Å². The van der Waals surface area contributed by atoms with Gasteiger partial charge in [-0.05, 0) is 42.8 Å². The predicted octanol–water partition coefficient (Wildman–Crippen LogP) is 3.88. The van der Waals surface area contributed by atoms with Gasteiger partial charge in [0, 0.05) is 29.7 Å². The Morgan fingerprint density at radius 2 is 1.94 bits per heavy atom. The van der Waals surface area contributed by atoms with Crippen LogP contribution in [0.15, 0.2) is 84.5 Å². The fourth-order valence-corrected chi connectivity index (χ4v) is 2.98. The molecule has 0 fully saturated rings. The number of nitrogens with one attached hydrogen (secondary N) is 1. The van der Waals surface area contributed by atoms with Crippen LogP contribution < -0.4 is 10.2 Å². The van der Waals surface area contributed by atoms with Crippen molar-refractivity contribution >= 4 is 12.1 Å². The molecule has 8 heteroatoms. The molecule has 1 N–H and O–H groups in total. The Morgan fingerprint density at radius 3 is 2.66 bits per heavy atom. The highest BCUT2D eigenvalue weighted by Crippen LogP contribution is 2.25. The van der Waals surface area contributed by atoms with E-state index in [0.717, 1.165) is 34.7 Å². The van der Waals surface area contributed by atoms with E-state index in [1.165, 1.54) is 18.6 Å². The Balaban J connectivity index is 1.61. The quantitative estimate of drug-likeness (QED) is 0.341. The minimum atomic E-state index is -0.441. The fraction of sp³-hybridized carbons (Fsp3) is 0.125. The monoisotopic (exact) mass is 426 g/mol. The van der Waals surface area contributed by atoms with Crippen LogP contribution in [0.5, 0.6) is 5.75 Å². The first-order valence-electron chi connectivity index (χ1n) is 10.2. The van der Waals surface area contributed by atoms with Crippen LogP contribution in [-0.2, 0) is 0 Å². The number of amides is 1. The zero-order valence-electron chi connectivity index (χ0n) is 17.5. The number of hydrogen-bond acceptors (Lipinski definition) is 6. The Labute approximate surface area is 185 Å². The number of benzene rings is 2. The first-order valence-corrected chi connectivity index (χ1v) is 10.2. The number of para-hydroxylation sites is 1. The van der Waals surface area contributed by atoms with Gasteiger partial charge in [-0.25, -0.2) is 15.1 Å². The van der Waals surface area contributed by atoms with Gasteiger partial charge in [-0.3, -0.25) is 9.78 Å². The summed E-state index contributed by atoms with van der Waals surface area (Å²) in [4.78, 5) is 20.0. The van der Waals surface area contributed by atoms with Crippen LogP contribution in [0.3, 0.4) is 0 Å². The van der Waals surface area contributed by atoms with E-state index < -0.39 is 5.91 Å². The van der Waals surface area contributed by atoms with Crippen LogP contribution in [0.25, 0.3) is 16.9 Å². The zero-order chi connectivity index (χ0) is 22.2. The summed E-state index contributed by atoms with van der Waals surface area (Å²) in [5.41, 5.74) is 5.97. The minimum absolute atomic E-state index is 0.188. The van der Waals surface area contributed by atoms with E-state index in [0.29, 0.717) is 6.61 Å². The van der Waals surface area contributed by atoms with Crippen molar-refractivity contribution in [1.82, 2.24) is 25.2 Å². The van der Waals surface area contributed by atoms with Gasteiger partial charge in [-0.15, -0.1) is 0 Å². The van der Waals surface area contributed by atoms with Crippen molar-refractivity contribution in [1.29, 1.82) is 0 Å². The Hall–Kier alpha value is -4.33. The van der Waals surface area contributed by atoms with E-state index in [-0.39, 0.29) is 5.69 Å². The lowest BCUT2D eigenvalue weighted by Gasteiger charge is -2.05. The van der Waals surface area contributed by atoms with Crippen LogP contribution in [0.4, 0.5) is 0 Å². The van der Waals surface area contributed by atoms with Crippen LogP contribution in [-0.4, -0.2) is 38.5 Å². The molecule has 0 bridgehead atoms. The highest BCUT2D eigenvalue weighted by Gasteiger charge is 2.12. The van der Waals surface area contributed by atoms with Gasteiger partial charge in [0.05, 0.1) is 24.7 Å². The van der Waals surface area contributed by atoms with Gasteiger partial charge in [0.1, 0.15) is 17.1 Å². The van der Waals surface area contributed by atoms with Crippen LogP contribution >= 0.6 is 0 Å². The molecular weight excluding hydrogens is 404 g/mol. The molecule has 4 rings (SSSR count). The lowest BCUT2D eigenvalue weighted by Crippen LogP contribution is -2.19. The molecule has 0 saturated heterocycles. The molecule has 0 atom stereocenters. The number of carbonyl (C=O) groups is 1. The number of nitrogens with zero attached hydrogens (tertiary/aromatic N) is 5. The molecule has 32 heavy (non-hydrogen) atoms. The average molecular weight is 426 g/mol. The summed E-state index contributed by atoms with van der Waals surface area (Å²) in [5, 5.41) is 8.85. The van der Waals surface area contributed by atoms with E-state index in [2.05, 4.69) is 27.4 Å². The van der Waals surface area contributed by atoms with Crippen LogP contribution in [0, 0.1) is 0 Å². The number of hydrogen-bond donors (Lipinski definition) is 1. The second-order valence-corrected chi connectivity index (χ2v) is 6.88. The maximum Gasteiger partial charge on any atom is 0.291 e. The summed E-state index contributed by atoms with van der Waals surface area (Å²) in [5.74, 6) is 0.369. The summed E-state index contributed by atoms with van der Waals surface area (Å²) in [6.07, 6.45) is 8.72. The number of rotatable bonds is 8. The first kappa shape index (κ1) is 20.9. The van der Waals surface area contributed by atoms with Crippen molar-refractivity contribution < 1.29 is 9.53 Å². The third-order valence-corrected chi connectivity index (χ3v) is 4.53. The standard InChI is InChI=1S/C24H22N6O2/c1-2-14-32-21-10-8-18(9-11-21)23-19(17-30(29-23)20-6-4-3-5-7-20)15-27-28-24(31)22-16-25-12-13-26-22/h3-13,15-17H,2,14H2,1H3,(H,28,31)/b27-15+. The molecule has 4 aromatic rings. The maximum absolute atomic E-state index is 12.2.